The van der Waals surface area contributed by atoms with Gasteiger partial charge in [0.05, 0.1) is 18.0 Å². The Labute approximate surface area is 83.6 Å². The molecule has 14 heavy (non-hydrogen) atoms. The molecule has 0 bridgehead atoms. The van der Waals surface area contributed by atoms with E-state index in [1.165, 1.54) is 0 Å². The lowest BCUT2D eigenvalue weighted by molar-refractivity contribution is 0.184. The molecule has 0 fully saturated rings. The maximum absolute atomic E-state index is 12.2. The fraction of sp³-hybridized carbons (Fsp3) is 0.400. The molecule has 1 heterocycles. The summed E-state index contributed by atoms with van der Waals surface area (Å²) in [6, 6.07) is 7.51. The Morgan fingerprint density at radius 2 is 2.21 bits per heavy atom. The van der Waals surface area contributed by atoms with Crippen LogP contribution in [-0.4, -0.2) is 6.61 Å². The fourth-order valence-electron chi connectivity index (χ4n) is 1.67. The van der Waals surface area contributed by atoms with Gasteiger partial charge in [0, 0.05) is 0 Å². The highest BCUT2D eigenvalue weighted by molar-refractivity contribution is 7.62. The zero-order valence-corrected chi connectivity index (χ0v) is 9.16. The highest BCUT2D eigenvalue weighted by Crippen LogP contribution is 2.56. The summed E-state index contributed by atoms with van der Waals surface area (Å²) in [5.41, 5.74) is 0.976. The van der Waals surface area contributed by atoms with Gasteiger partial charge in [0.1, 0.15) is 0 Å². The SMILES string of the molecule is CCOP1(=O)OC(C)c2ccccc21. The van der Waals surface area contributed by atoms with E-state index >= 15 is 0 Å². The van der Waals surface area contributed by atoms with Gasteiger partial charge in [-0.1, -0.05) is 18.2 Å². The lowest BCUT2D eigenvalue weighted by Crippen LogP contribution is -2.05. The average Bonchev–Trinajstić information content (AvgIpc) is 2.41. The van der Waals surface area contributed by atoms with Crippen LogP contribution in [-0.2, 0) is 13.6 Å². The summed E-state index contributed by atoms with van der Waals surface area (Å²) in [7, 11) is -3.02. The molecule has 76 valence electrons. The van der Waals surface area contributed by atoms with Crippen LogP contribution in [0.3, 0.4) is 0 Å². The third-order valence-electron chi connectivity index (χ3n) is 2.27. The van der Waals surface area contributed by atoms with E-state index in [4.69, 9.17) is 9.05 Å². The van der Waals surface area contributed by atoms with E-state index < -0.39 is 7.60 Å². The molecule has 1 aliphatic heterocycles. The summed E-state index contributed by atoms with van der Waals surface area (Å²) in [4.78, 5) is 0. The van der Waals surface area contributed by atoms with Crippen molar-refractivity contribution < 1.29 is 13.6 Å². The molecule has 4 heteroatoms. The average molecular weight is 212 g/mol. The molecule has 0 saturated carbocycles. The van der Waals surface area contributed by atoms with E-state index in [-0.39, 0.29) is 6.10 Å². The first kappa shape index (κ1) is 9.91. The molecule has 0 amide bonds. The molecule has 0 radical (unpaired) electrons. The van der Waals surface area contributed by atoms with Crippen LogP contribution in [0.5, 0.6) is 0 Å². The van der Waals surface area contributed by atoms with Gasteiger partial charge in [0.2, 0.25) is 0 Å². The van der Waals surface area contributed by atoms with Crippen molar-refractivity contribution in [2.45, 2.75) is 20.0 Å². The van der Waals surface area contributed by atoms with Crippen LogP contribution in [0.15, 0.2) is 24.3 Å². The number of hydrogen-bond donors (Lipinski definition) is 0. The van der Waals surface area contributed by atoms with Crippen LogP contribution < -0.4 is 5.30 Å². The molecular weight excluding hydrogens is 199 g/mol. The van der Waals surface area contributed by atoms with Crippen molar-refractivity contribution >= 4 is 12.9 Å². The second-order valence-corrected chi connectivity index (χ2v) is 5.17. The number of rotatable bonds is 2. The molecule has 3 nitrogen and oxygen atoms in total. The minimum atomic E-state index is -3.02. The van der Waals surface area contributed by atoms with Gasteiger partial charge < -0.3 is 4.52 Å². The van der Waals surface area contributed by atoms with Gasteiger partial charge in [-0.3, -0.25) is 9.09 Å². The fourth-order valence-corrected chi connectivity index (χ4v) is 3.70. The highest BCUT2D eigenvalue weighted by atomic mass is 31.2. The second kappa shape index (κ2) is 3.50. The second-order valence-electron chi connectivity index (χ2n) is 3.22. The molecule has 1 aromatic carbocycles. The van der Waals surface area contributed by atoms with Gasteiger partial charge in [-0.25, -0.2) is 0 Å². The largest absolute Gasteiger partial charge is 0.362 e. The van der Waals surface area contributed by atoms with Crippen LogP contribution in [0.25, 0.3) is 0 Å². The van der Waals surface area contributed by atoms with Crippen molar-refractivity contribution in [2.24, 2.45) is 0 Å². The molecule has 0 N–H and O–H groups in total. The van der Waals surface area contributed by atoms with Crippen molar-refractivity contribution in [2.75, 3.05) is 6.61 Å². The molecule has 1 aromatic rings. The summed E-state index contributed by atoms with van der Waals surface area (Å²) in [5.74, 6) is 0. The van der Waals surface area contributed by atoms with E-state index in [0.29, 0.717) is 11.9 Å². The molecule has 1 aliphatic rings. The Morgan fingerprint density at radius 3 is 2.93 bits per heavy atom. The quantitative estimate of drug-likeness (QED) is 0.707. The van der Waals surface area contributed by atoms with Crippen molar-refractivity contribution in [3.8, 4) is 0 Å². The van der Waals surface area contributed by atoms with Crippen LogP contribution in [0, 0.1) is 0 Å². The van der Waals surface area contributed by atoms with E-state index in [1.54, 1.807) is 0 Å². The van der Waals surface area contributed by atoms with Gasteiger partial charge in [-0.15, -0.1) is 0 Å². The molecule has 0 aliphatic carbocycles. The predicted octanol–water partition coefficient (Wildman–Crippen LogP) is 2.63. The van der Waals surface area contributed by atoms with E-state index in [9.17, 15) is 4.57 Å². The minimum Gasteiger partial charge on any atom is -0.305 e. The summed E-state index contributed by atoms with van der Waals surface area (Å²) >= 11 is 0. The molecular formula is C10H13O3P. The monoisotopic (exact) mass is 212 g/mol. The normalized spacial score (nSPS) is 30.3. The van der Waals surface area contributed by atoms with E-state index in [1.807, 2.05) is 38.1 Å². The predicted molar refractivity (Wildman–Crippen MR) is 54.8 cm³/mol. The molecule has 0 saturated heterocycles. The first-order chi connectivity index (χ1) is 6.67. The van der Waals surface area contributed by atoms with Gasteiger partial charge in [-0.05, 0) is 25.5 Å². The topological polar surface area (TPSA) is 35.5 Å². The van der Waals surface area contributed by atoms with Crippen molar-refractivity contribution in [3.05, 3.63) is 29.8 Å². The van der Waals surface area contributed by atoms with E-state index in [0.717, 1.165) is 5.56 Å². The van der Waals surface area contributed by atoms with Crippen LogP contribution in [0.2, 0.25) is 0 Å². The Bertz CT molecular complexity index is 389. The Morgan fingerprint density at radius 1 is 1.50 bits per heavy atom. The maximum atomic E-state index is 12.2. The zero-order valence-electron chi connectivity index (χ0n) is 8.27. The van der Waals surface area contributed by atoms with Crippen LogP contribution >= 0.6 is 7.60 Å². The third-order valence-corrected chi connectivity index (χ3v) is 4.45. The Kier molecular flexibility index (Phi) is 2.48. The van der Waals surface area contributed by atoms with Crippen molar-refractivity contribution in [1.29, 1.82) is 0 Å². The smallest absolute Gasteiger partial charge is 0.305 e. The molecule has 2 rings (SSSR count). The lowest BCUT2D eigenvalue weighted by Gasteiger charge is -2.11. The maximum Gasteiger partial charge on any atom is 0.362 e. The molecule has 0 spiro atoms. The first-order valence-electron chi connectivity index (χ1n) is 4.70. The molecule has 2 unspecified atom stereocenters. The van der Waals surface area contributed by atoms with Crippen molar-refractivity contribution in [3.63, 3.8) is 0 Å². The number of fused-ring (bicyclic) bond motifs is 1. The zero-order chi connectivity index (χ0) is 10.2. The highest BCUT2D eigenvalue weighted by Gasteiger charge is 2.39. The summed E-state index contributed by atoms with van der Waals surface area (Å²) in [6.45, 7) is 4.10. The standard InChI is InChI=1S/C10H13O3P/c1-3-12-14(11)10-7-5-4-6-9(10)8(2)13-14/h4-8H,3H2,1-2H3. The summed E-state index contributed by atoms with van der Waals surface area (Å²) in [5, 5.41) is 0.717. The first-order valence-corrected chi connectivity index (χ1v) is 6.24. The van der Waals surface area contributed by atoms with Gasteiger partial charge >= 0.3 is 7.60 Å². The minimum absolute atomic E-state index is 0.136. The summed E-state index contributed by atoms with van der Waals surface area (Å²) < 4.78 is 22.8. The van der Waals surface area contributed by atoms with Gasteiger partial charge in [-0.2, -0.15) is 0 Å². The molecule has 0 aromatic heterocycles. The van der Waals surface area contributed by atoms with Gasteiger partial charge in [0.25, 0.3) is 0 Å². The van der Waals surface area contributed by atoms with Gasteiger partial charge in [0.15, 0.2) is 0 Å². The Balaban J connectivity index is 2.48. The van der Waals surface area contributed by atoms with Crippen LogP contribution in [0.1, 0.15) is 25.5 Å². The number of benzene rings is 1. The lowest BCUT2D eigenvalue weighted by atomic mass is 10.1. The van der Waals surface area contributed by atoms with Crippen LogP contribution in [0.4, 0.5) is 0 Å². The number of hydrogen-bond acceptors (Lipinski definition) is 3. The summed E-state index contributed by atoms with van der Waals surface area (Å²) in [6.07, 6.45) is -0.136. The third kappa shape index (κ3) is 1.42. The Hall–Kier alpha value is -0.630. The van der Waals surface area contributed by atoms with Crippen molar-refractivity contribution in [1.82, 2.24) is 0 Å². The molecule has 2 atom stereocenters. The van der Waals surface area contributed by atoms with E-state index in [2.05, 4.69) is 0 Å².